The molecule has 3 heteroatoms. The second-order valence-corrected chi connectivity index (χ2v) is 4.54. The van der Waals surface area contributed by atoms with Crippen molar-refractivity contribution in [2.24, 2.45) is 11.8 Å². The second-order valence-electron chi connectivity index (χ2n) is 4.54. The Labute approximate surface area is 85.2 Å². The molecule has 2 bridgehead atoms. The molecule has 1 aliphatic carbocycles. The Bertz CT molecular complexity index is 266. The summed E-state index contributed by atoms with van der Waals surface area (Å²) in [6.45, 7) is 1.85. The van der Waals surface area contributed by atoms with Gasteiger partial charge in [0.15, 0.2) is 5.78 Å². The van der Waals surface area contributed by atoms with Gasteiger partial charge in [0.25, 0.3) is 0 Å². The Hall–Kier alpha value is -0.830. The summed E-state index contributed by atoms with van der Waals surface area (Å²) in [5, 5.41) is 3.36. The van der Waals surface area contributed by atoms with Crippen molar-refractivity contribution < 1.29 is 4.79 Å². The van der Waals surface area contributed by atoms with E-state index in [0.717, 1.165) is 25.1 Å². The first-order valence-electron chi connectivity index (χ1n) is 5.31. The lowest BCUT2D eigenvalue weighted by atomic mass is 9.79. The molecule has 2 unspecified atom stereocenters. The highest BCUT2D eigenvalue weighted by Crippen LogP contribution is 2.32. The fraction of sp³-hybridized carbons (Fsp3) is 0.727. The molecule has 3 fully saturated rings. The van der Waals surface area contributed by atoms with Crippen molar-refractivity contribution in [2.75, 3.05) is 27.2 Å². The van der Waals surface area contributed by atoms with Crippen LogP contribution in [0.1, 0.15) is 12.8 Å². The third-order valence-electron chi connectivity index (χ3n) is 3.14. The van der Waals surface area contributed by atoms with Crippen molar-refractivity contribution in [3.8, 4) is 0 Å². The van der Waals surface area contributed by atoms with Crippen LogP contribution in [0.15, 0.2) is 11.8 Å². The SMILES string of the molecule is CN(C)/C=C1\C(=O)C2CCC1CNC2. The van der Waals surface area contributed by atoms with Gasteiger partial charge in [0.05, 0.1) is 0 Å². The van der Waals surface area contributed by atoms with Gasteiger partial charge in [0.1, 0.15) is 0 Å². The van der Waals surface area contributed by atoms with Crippen LogP contribution in [0.25, 0.3) is 0 Å². The number of fused-ring (bicyclic) bond motifs is 4. The maximum atomic E-state index is 12.0. The number of nitrogens with zero attached hydrogens (tertiary/aromatic N) is 1. The van der Waals surface area contributed by atoms with E-state index in [0.29, 0.717) is 11.7 Å². The van der Waals surface area contributed by atoms with Crippen LogP contribution in [0.4, 0.5) is 0 Å². The molecule has 0 radical (unpaired) electrons. The third-order valence-corrected chi connectivity index (χ3v) is 3.14. The first-order chi connectivity index (χ1) is 6.68. The Morgan fingerprint density at radius 1 is 1.29 bits per heavy atom. The van der Waals surface area contributed by atoms with Crippen LogP contribution in [0.2, 0.25) is 0 Å². The summed E-state index contributed by atoms with van der Waals surface area (Å²) in [4.78, 5) is 14.0. The molecule has 0 aromatic carbocycles. The highest BCUT2D eigenvalue weighted by atomic mass is 16.1. The Morgan fingerprint density at radius 2 is 1.93 bits per heavy atom. The first-order valence-corrected chi connectivity index (χ1v) is 5.31. The molecule has 2 aliphatic heterocycles. The minimum absolute atomic E-state index is 0.236. The number of ketones is 1. The number of carbonyl (C=O) groups is 1. The zero-order valence-corrected chi connectivity index (χ0v) is 8.92. The number of hydrogen-bond donors (Lipinski definition) is 1. The van der Waals surface area contributed by atoms with Crippen LogP contribution in [0, 0.1) is 11.8 Å². The molecule has 1 saturated carbocycles. The molecule has 0 amide bonds. The minimum Gasteiger partial charge on any atom is -0.383 e. The van der Waals surface area contributed by atoms with Crippen molar-refractivity contribution in [3.63, 3.8) is 0 Å². The Kier molecular flexibility index (Phi) is 2.59. The Morgan fingerprint density at radius 3 is 2.64 bits per heavy atom. The highest BCUT2D eigenvalue weighted by Gasteiger charge is 2.35. The maximum absolute atomic E-state index is 12.0. The van der Waals surface area contributed by atoms with E-state index in [2.05, 4.69) is 5.32 Å². The quantitative estimate of drug-likeness (QED) is 0.621. The normalized spacial score (nSPS) is 34.7. The Balaban J connectivity index is 2.27. The molecule has 2 atom stereocenters. The summed E-state index contributed by atoms with van der Waals surface area (Å²) in [7, 11) is 3.96. The molecule has 0 aromatic heterocycles. The molecular weight excluding hydrogens is 176 g/mol. The van der Waals surface area contributed by atoms with Crippen LogP contribution in [0.3, 0.4) is 0 Å². The standard InChI is InChI=1S/C11H18N2O/c1-13(2)7-10-8-3-4-9(11(10)14)6-12-5-8/h7-9,12H,3-6H2,1-2H3/b10-7-. The van der Waals surface area contributed by atoms with E-state index in [4.69, 9.17) is 0 Å². The van der Waals surface area contributed by atoms with Gasteiger partial charge < -0.3 is 10.2 Å². The van der Waals surface area contributed by atoms with Gasteiger partial charge in [0, 0.05) is 50.8 Å². The maximum Gasteiger partial charge on any atom is 0.164 e. The number of rotatable bonds is 1. The zero-order valence-electron chi connectivity index (χ0n) is 8.92. The van der Waals surface area contributed by atoms with E-state index in [-0.39, 0.29) is 5.92 Å². The van der Waals surface area contributed by atoms with Gasteiger partial charge in [-0.1, -0.05) is 0 Å². The van der Waals surface area contributed by atoms with E-state index < -0.39 is 0 Å². The van der Waals surface area contributed by atoms with Crippen molar-refractivity contribution in [1.29, 1.82) is 0 Å². The number of Topliss-reactive ketones (excluding diaryl/α,β-unsaturated/α-hetero) is 1. The molecule has 3 nitrogen and oxygen atoms in total. The average molecular weight is 194 g/mol. The molecule has 1 N–H and O–H groups in total. The van der Waals surface area contributed by atoms with Gasteiger partial charge in [-0.2, -0.15) is 0 Å². The molecule has 0 spiro atoms. The van der Waals surface area contributed by atoms with Crippen LogP contribution in [-0.2, 0) is 4.79 Å². The average Bonchev–Trinajstić information content (AvgIpc) is 2.42. The van der Waals surface area contributed by atoms with E-state index in [1.54, 1.807) is 0 Å². The van der Waals surface area contributed by atoms with Crippen molar-refractivity contribution in [3.05, 3.63) is 11.8 Å². The summed E-state index contributed by atoms with van der Waals surface area (Å²) in [5.41, 5.74) is 1.04. The fourth-order valence-corrected chi connectivity index (χ4v) is 2.41. The lowest BCUT2D eigenvalue weighted by Crippen LogP contribution is -2.28. The summed E-state index contributed by atoms with van der Waals surface area (Å²) < 4.78 is 0. The summed E-state index contributed by atoms with van der Waals surface area (Å²) in [6, 6.07) is 0. The van der Waals surface area contributed by atoms with Gasteiger partial charge in [-0.05, 0) is 12.8 Å². The molecule has 78 valence electrons. The highest BCUT2D eigenvalue weighted by molar-refractivity contribution is 5.98. The molecule has 14 heavy (non-hydrogen) atoms. The molecular formula is C11H18N2O. The lowest BCUT2D eigenvalue weighted by molar-refractivity contribution is -0.120. The third kappa shape index (κ3) is 1.69. The van der Waals surface area contributed by atoms with Crippen LogP contribution >= 0.6 is 0 Å². The number of nitrogens with one attached hydrogen (secondary N) is 1. The predicted molar refractivity (Wildman–Crippen MR) is 55.9 cm³/mol. The summed E-state index contributed by atoms with van der Waals surface area (Å²) in [5.74, 6) is 1.06. The zero-order chi connectivity index (χ0) is 10.1. The summed E-state index contributed by atoms with van der Waals surface area (Å²) in [6.07, 6.45) is 4.25. The first kappa shape index (κ1) is 9.71. The molecule has 3 aliphatic rings. The van der Waals surface area contributed by atoms with Crippen molar-refractivity contribution in [2.45, 2.75) is 12.8 Å². The van der Waals surface area contributed by atoms with Gasteiger partial charge in [0.2, 0.25) is 0 Å². The molecule has 2 heterocycles. The topological polar surface area (TPSA) is 32.3 Å². The fourth-order valence-electron chi connectivity index (χ4n) is 2.41. The number of hydrogen-bond acceptors (Lipinski definition) is 3. The van der Waals surface area contributed by atoms with Gasteiger partial charge in [-0.15, -0.1) is 0 Å². The van der Waals surface area contributed by atoms with E-state index in [1.807, 2.05) is 25.2 Å². The molecule has 3 rings (SSSR count). The minimum atomic E-state index is 0.236. The monoisotopic (exact) mass is 194 g/mol. The van der Waals surface area contributed by atoms with Crippen molar-refractivity contribution >= 4 is 5.78 Å². The van der Waals surface area contributed by atoms with Crippen LogP contribution in [-0.4, -0.2) is 37.9 Å². The van der Waals surface area contributed by atoms with E-state index >= 15 is 0 Å². The van der Waals surface area contributed by atoms with Gasteiger partial charge in [-0.3, -0.25) is 4.79 Å². The second kappa shape index (κ2) is 3.73. The predicted octanol–water partition coefficient (Wildman–Crippen LogP) is 0.630. The van der Waals surface area contributed by atoms with Crippen LogP contribution in [0.5, 0.6) is 0 Å². The summed E-state index contributed by atoms with van der Waals surface area (Å²) >= 11 is 0. The smallest absolute Gasteiger partial charge is 0.164 e. The van der Waals surface area contributed by atoms with Gasteiger partial charge >= 0.3 is 0 Å². The van der Waals surface area contributed by atoms with Gasteiger partial charge in [-0.25, -0.2) is 0 Å². The van der Waals surface area contributed by atoms with E-state index in [1.165, 1.54) is 6.42 Å². The number of carbonyl (C=O) groups excluding carboxylic acids is 1. The van der Waals surface area contributed by atoms with Crippen molar-refractivity contribution in [1.82, 2.24) is 10.2 Å². The lowest BCUT2D eigenvalue weighted by Gasteiger charge is -2.25. The molecule has 2 saturated heterocycles. The van der Waals surface area contributed by atoms with Crippen LogP contribution < -0.4 is 5.32 Å². The van der Waals surface area contributed by atoms with E-state index in [9.17, 15) is 4.79 Å². The molecule has 0 aromatic rings. The largest absolute Gasteiger partial charge is 0.383 e.